The summed E-state index contributed by atoms with van der Waals surface area (Å²) in [5, 5.41) is 5.66. The first-order valence-electron chi connectivity index (χ1n) is 8.74. The van der Waals surface area contributed by atoms with Crippen LogP contribution >= 0.6 is 11.3 Å². The molecule has 2 fully saturated rings. The number of amides is 2. The monoisotopic (exact) mass is 321 g/mol. The summed E-state index contributed by atoms with van der Waals surface area (Å²) in [4.78, 5) is 19.3. The summed E-state index contributed by atoms with van der Waals surface area (Å²) < 4.78 is 0. The van der Waals surface area contributed by atoms with Gasteiger partial charge in [0.25, 0.3) is 0 Å². The molecule has 22 heavy (non-hydrogen) atoms. The van der Waals surface area contributed by atoms with Crippen LogP contribution in [0.25, 0.3) is 0 Å². The van der Waals surface area contributed by atoms with Crippen molar-refractivity contribution in [1.29, 1.82) is 0 Å². The Morgan fingerprint density at radius 1 is 1.18 bits per heavy atom. The zero-order valence-corrected chi connectivity index (χ0v) is 14.3. The Labute approximate surface area is 137 Å². The van der Waals surface area contributed by atoms with Crippen molar-refractivity contribution in [3.8, 4) is 0 Å². The Balaban J connectivity index is 1.76. The minimum Gasteiger partial charge on any atom is -0.318 e. The summed E-state index contributed by atoms with van der Waals surface area (Å²) in [5.41, 5.74) is 0. The normalized spacial score (nSPS) is 26.6. The fourth-order valence-electron chi connectivity index (χ4n) is 4.10. The van der Waals surface area contributed by atoms with Crippen molar-refractivity contribution in [3.05, 3.63) is 11.6 Å². The molecule has 2 aliphatic rings. The van der Waals surface area contributed by atoms with E-state index in [0.717, 1.165) is 19.3 Å². The lowest BCUT2D eigenvalue weighted by Crippen LogP contribution is -2.53. The van der Waals surface area contributed by atoms with Crippen molar-refractivity contribution >= 4 is 22.5 Å². The van der Waals surface area contributed by atoms with Gasteiger partial charge in [0.15, 0.2) is 5.13 Å². The molecule has 5 heteroatoms. The maximum atomic E-state index is 12.9. The summed E-state index contributed by atoms with van der Waals surface area (Å²) >= 11 is 1.49. The quantitative estimate of drug-likeness (QED) is 0.861. The van der Waals surface area contributed by atoms with E-state index in [9.17, 15) is 4.79 Å². The molecule has 0 aromatic carbocycles. The number of carbonyl (C=O) groups excluding carboxylic acids is 1. The van der Waals surface area contributed by atoms with Gasteiger partial charge in [-0.3, -0.25) is 5.32 Å². The maximum Gasteiger partial charge on any atom is 0.324 e. The molecule has 1 N–H and O–H groups in total. The number of nitrogens with zero attached hydrogens (tertiary/aromatic N) is 2. The molecule has 2 unspecified atom stereocenters. The first-order valence-corrected chi connectivity index (χ1v) is 9.62. The lowest BCUT2D eigenvalue weighted by atomic mass is 9.82. The lowest BCUT2D eigenvalue weighted by Gasteiger charge is -2.44. The molecule has 2 saturated carbocycles. The van der Waals surface area contributed by atoms with Gasteiger partial charge in [0, 0.05) is 23.7 Å². The van der Waals surface area contributed by atoms with Crippen molar-refractivity contribution in [2.24, 2.45) is 5.92 Å². The smallest absolute Gasteiger partial charge is 0.318 e. The largest absolute Gasteiger partial charge is 0.324 e. The topological polar surface area (TPSA) is 45.2 Å². The van der Waals surface area contributed by atoms with Gasteiger partial charge in [0.2, 0.25) is 0 Å². The van der Waals surface area contributed by atoms with Crippen molar-refractivity contribution in [2.45, 2.75) is 76.8 Å². The van der Waals surface area contributed by atoms with E-state index in [1.54, 1.807) is 6.20 Å². The van der Waals surface area contributed by atoms with Crippen molar-refractivity contribution in [3.63, 3.8) is 0 Å². The van der Waals surface area contributed by atoms with Gasteiger partial charge < -0.3 is 4.90 Å². The number of nitrogens with one attached hydrogen (secondary N) is 1. The number of aromatic nitrogens is 1. The van der Waals surface area contributed by atoms with Crippen LogP contribution in [-0.2, 0) is 0 Å². The molecule has 2 atom stereocenters. The van der Waals surface area contributed by atoms with Crippen LogP contribution in [0, 0.1) is 5.92 Å². The van der Waals surface area contributed by atoms with Gasteiger partial charge >= 0.3 is 6.03 Å². The Hall–Kier alpha value is -1.10. The van der Waals surface area contributed by atoms with E-state index in [1.165, 1.54) is 49.9 Å². The van der Waals surface area contributed by atoms with Gasteiger partial charge in [-0.15, -0.1) is 11.3 Å². The second-order valence-corrected chi connectivity index (χ2v) is 7.69. The highest BCUT2D eigenvalue weighted by molar-refractivity contribution is 7.13. The number of hydrogen-bond acceptors (Lipinski definition) is 3. The van der Waals surface area contributed by atoms with E-state index in [2.05, 4.69) is 22.1 Å². The van der Waals surface area contributed by atoms with Crippen molar-refractivity contribution < 1.29 is 4.79 Å². The van der Waals surface area contributed by atoms with Crippen LogP contribution in [0.2, 0.25) is 0 Å². The van der Waals surface area contributed by atoms with Gasteiger partial charge in [-0.2, -0.15) is 0 Å². The summed E-state index contributed by atoms with van der Waals surface area (Å²) in [5.74, 6) is 0.609. The van der Waals surface area contributed by atoms with E-state index in [-0.39, 0.29) is 6.03 Å². The van der Waals surface area contributed by atoms with Gasteiger partial charge in [0.1, 0.15) is 0 Å². The molecule has 3 rings (SSSR count). The average molecular weight is 321 g/mol. The standard InChI is InChI=1S/C17H27N3OS/c1-13-7-5-6-10-15(13)20(14-8-3-2-4-9-14)17(21)19-16-18-11-12-22-16/h11-15H,2-10H2,1H3,(H,18,19,21). The van der Waals surface area contributed by atoms with Gasteiger partial charge in [-0.05, 0) is 31.6 Å². The number of rotatable bonds is 3. The molecule has 1 heterocycles. The Morgan fingerprint density at radius 3 is 2.59 bits per heavy atom. The number of carbonyl (C=O) groups is 1. The van der Waals surface area contributed by atoms with Crippen LogP contribution in [0.3, 0.4) is 0 Å². The molecule has 0 radical (unpaired) electrons. The minimum atomic E-state index is 0.0700. The molecule has 0 saturated heterocycles. The Bertz CT molecular complexity index is 470. The van der Waals surface area contributed by atoms with E-state index < -0.39 is 0 Å². The predicted octanol–water partition coefficient (Wildman–Crippen LogP) is 4.89. The molecule has 2 aliphatic carbocycles. The molecule has 1 aromatic heterocycles. The molecule has 0 spiro atoms. The van der Waals surface area contributed by atoms with Crippen LogP contribution < -0.4 is 5.32 Å². The van der Waals surface area contributed by atoms with Crippen LogP contribution in [0.15, 0.2) is 11.6 Å². The third-order valence-electron chi connectivity index (χ3n) is 5.27. The fourth-order valence-corrected chi connectivity index (χ4v) is 4.62. The number of urea groups is 1. The van der Waals surface area contributed by atoms with Crippen molar-refractivity contribution in [2.75, 3.05) is 5.32 Å². The first kappa shape index (κ1) is 15.8. The van der Waals surface area contributed by atoms with Gasteiger partial charge in [0.05, 0.1) is 0 Å². The average Bonchev–Trinajstić information content (AvgIpc) is 3.03. The summed E-state index contributed by atoms with van der Waals surface area (Å²) in [6, 6.07) is 0.886. The Morgan fingerprint density at radius 2 is 1.91 bits per heavy atom. The highest BCUT2D eigenvalue weighted by Gasteiger charge is 2.35. The number of anilines is 1. The molecule has 2 amide bonds. The SMILES string of the molecule is CC1CCCCC1N(C(=O)Nc1nccs1)C1CCCCC1. The Kier molecular flexibility index (Phi) is 5.34. The molecule has 122 valence electrons. The predicted molar refractivity (Wildman–Crippen MR) is 91.3 cm³/mol. The summed E-state index contributed by atoms with van der Waals surface area (Å²) in [6.07, 6.45) is 12.9. The van der Waals surface area contributed by atoms with E-state index in [1.807, 2.05) is 5.38 Å². The zero-order chi connectivity index (χ0) is 15.4. The van der Waals surface area contributed by atoms with Crippen LogP contribution in [0.1, 0.15) is 64.7 Å². The van der Waals surface area contributed by atoms with Crippen molar-refractivity contribution in [1.82, 2.24) is 9.88 Å². The van der Waals surface area contributed by atoms with Gasteiger partial charge in [-0.25, -0.2) is 9.78 Å². The summed E-state index contributed by atoms with van der Waals surface area (Å²) in [6.45, 7) is 2.32. The third-order valence-corrected chi connectivity index (χ3v) is 5.96. The molecular weight excluding hydrogens is 294 g/mol. The fraction of sp³-hybridized carbons (Fsp3) is 0.765. The second kappa shape index (κ2) is 7.44. The summed E-state index contributed by atoms with van der Waals surface area (Å²) in [7, 11) is 0. The second-order valence-electron chi connectivity index (χ2n) is 6.80. The van der Waals surface area contributed by atoms with Crippen LogP contribution in [0.5, 0.6) is 0 Å². The third kappa shape index (κ3) is 3.62. The molecule has 1 aromatic rings. The highest BCUT2D eigenvalue weighted by atomic mass is 32.1. The lowest BCUT2D eigenvalue weighted by molar-refractivity contribution is 0.0863. The van der Waals surface area contributed by atoms with E-state index in [4.69, 9.17) is 0 Å². The van der Waals surface area contributed by atoms with Crippen LogP contribution in [-0.4, -0.2) is 28.0 Å². The number of thiazole rings is 1. The molecule has 0 aliphatic heterocycles. The molecular formula is C17H27N3OS. The maximum absolute atomic E-state index is 12.9. The highest BCUT2D eigenvalue weighted by Crippen LogP contribution is 2.33. The van der Waals surface area contributed by atoms with Gasteiger partial charge in [-0.1, -0.05) is 39.0 Å². The number of hydrogen-bond donors (Lipinski definition) is 1. The zero-order valence-electron chi connectivity index (χ0n) is 13.5. The molecule has 0 bridgehead atoms. The molecule has 4 nitrogen and oxygen atoms in total. The van der Waals surface area contributed by atoms with E-state index in [0.29, 0.717) is 23.1 Å². The first-order chi connectivity index (χ1) is 10.8. The minimum absolute atomic E-state index is 0.0700. The van der Waals surface area contributed by atoms with E-state index >= 15 is 0 Å². The van der Waals surface area contributed by atoms with Crippen LogP contribution in [0.4, 0.5) is 9.93 Å².